The fraction of sp³-hybridized carbons (Fsp3) is 0. The van der Waals surface area contributed by atoms with E-state index in [9.17, 15) is 0 Å². The molecule has 0 aliphatic heterocycles. The SMILES string of the molecule is c1ccc(-n2c3ccccc3c3ccc(-c4ccc5c6ccccc6n(-c6nc7c(cc(-c8ccc9ccccc9c8)c8sc9ccccc9c87)s6)c5c4)cc32)cc1. The minimum atomic E-state index is 0.977. The van der Waals surface area contributed by atoms with Crippen molar-refractivity contribution in [2.75, 3.05) is 0 Å². The second-order valence-electron chi connectivity index (χ2n) is 15.1. The molecular weight excluding hydrogens is 743 g/mol. The number of nitrogens with zero attached hydrogens (tertiary/aromatic N) is 3. The lowest BCUT2D eigenvalue weighted by atomic mass is 9.99. The highest BCUT2D eigenvalue weighted by molar-refractivity contribution is 7.27. The van der Waals surface area contributed by atoms with Crippen LogP contribution in [0.4, 0.5) is 0 Å². The van der Waals surface area contributed by atoms with E-state index in [4.69, 9.17) is 4.98 Å². The number of rotatable bonds is 4. The van der Waals surface area contributed by atoms with Gasteiger partial charge in [0.1, 0.15) is 0 Å². The van der Waals surface area contributed by atoms with Crippen LogP contribution >= 0.6 is 22.7 Å². The Morgan fingerprint density at radius 3 is 1.72 bits per heavy atom. The summed E-state index contributed by atoms with van der Waals surface area (Å²) >= 11 is 3.65. The summed E-state index contributed by atoms with van der Waals surface area (Å²) in [5.74, 6) is 0. The van der Waals surface area contributed by atoms with Gasteiger partial charge in [0.15, 0.2) is 5.13 Å². The number of hydrogen-bond acceptors (Lipinski definition) is 3. The molecular formula is C53H31N3S2. The van der Waals surface area contributed by atoms with Gasteiger partial charge in [-0.15, -0.1) is 11.3 Å². The Bertz CT molecular complexity index is 3810. The molecule has 0 spiro atoms. The van der Waals surface area contributed by atoms with Gasteiger partial charge in [-0.2, -0.15) is 0 Å². The van der Waals surface area contributed by atoms with E-state index in [1.165, 1.54) is 90.5 Å². The number of thiazole rings is 1. The van der Waals surface area contributed by atoms with Crippen molar-refractivity contribution < 1.29 is 0 Å². The molecule has 4 aromatic heterocycles. The predicted molar refractivity (Wildman–Crippen MR) is 250 cm³/mol. The zero-order valence-corrected chi connectivity index (χ0v) is 32.7. The Morgan fingerprint density at radius 2 is 0.966 bits per heavy atom. The second kappa shape index (κ2) is 12.2. The number of thiophene rings is 1. The minimum Gasteiger partial charge on any atom is -0.309 e. The molecule has 0 saturated carbocycles. The van der Waals surface area contributed by atoms with Crippen molar-refractivity contribution >= 4 is 107 Å². The van der Waals surface area contributed by atoms with E-state index in [2.05, 4.69) is 197 Å². The first-order valence-electron chi connectivity index (χ1n) is 19.6. The van der Waals surface area contributed by atoms with Crippen LogP contribution in [0.3, 0.4) is 0 Å². The van der Waals surface area contributed by atoms with Gasteiger partial charge in [0, 0.05) is 53.0 Å². The standard InChI is InChI=1S/C53H31N3S2/c1-2-14-37(15-3-1)55-44-19-9-6-16-38(44)40-26-24-34(29-46(40)55)35-25-27-41-39-17-7-10-20-45(39)56(47(41)30-35)53-54-51-49(58-53)31-43(36-23-22-32-12-4-5-13-33(32)28-36)52-50(51)42-18-8-11-21-48(42)57-52/h1-31H. The van der Waals surface area contributed by atoms with Crippen LogP contribution in [0, 0.1) is 0 Å². The second-order valence-corrected chi connectivity index (χ2v) is 17.2. The lowest BCUT2D eigenvalue weighted by Crippen LogP contribution is -1.94. The molecule has 0 atom stereocenters. The van der Waals surface area contributed by atoms with E-state index in [1.54, 1.807) is 11.3 Å². The molecule has 13 aromatic rings. The molecule has 13 rings (SSSR count). The van der Waals surface area contributed by atoms with Gasteiger partial charge in [-0.25, -0.2) is 4.98 Å². The zero-order valence-electron chi connectivity index (χ0n) is 31.1. The molecule has 4 heterocycles. The summed E-state index contributed by atoms with van der Waals surface area (Å²) in [6.45, 7) is 0. The highest BCUT2D eigenvalue weighted by Crippen LogP contribution is 2.47. The minimum absolute atomic E-state index is 0.977. The van der Waals surface area contributed by atoms with Crippen molar-refractivity contribution in [1.82, 2.24) is 14.1 Å². The van der Waals surface area contributed by atoms with E-state index in [-0.39, 0.29) is 0 Å². The average Bonchev–Trinajstić information content (AvgIpc) is 4.05. The summed E-state index contributed by atoms with van der Waals surface area (Å²) in [6.07, 6.45) is 0. The van der Waals surface area contributed by atoms with Crippen molar-refractivity contribution in [3.05, 3.63) is 188 Å². The van der Waals surface area contributed by atoms with Gasteiger partial charge >= 0.3 is 0 Å². The van der Waals surface area contributed by atoms with Crippen LogP contribution in [0.1, 0.15) is 0 Å². The summed E-state index contributed by atoms with van der Waals surface area (Å²) in [5, 5.41) is 11.0. The normalized spacial score (nSPS) is 12.1. The van der Waals surface area contributed by atoms with Gasteiger partial charge in [-0.1, -0.05) is 145 Å². The van der Waals surface area contributed by atoms with E-state index in [0.29, 0.717) is 0 Å². The van der Waals surface area contributed by atoms with Gasteiger partial charge in [-0.3, -0.25) is 4.57 Å². The Labute approximate surface area is 340 Å². The average molecular weight is 774 g/mol. The maximum atomic E-state index is 5.59. The molecule has 0 aliphatic carbocycles. The highest BCUT2D eigenvalue weighted by atomic mass is 32.1. The largest absolute Gasteiger partial charge is 0.309 e. The van der Waals surface area contributed by atoms with Crippen LogP contribution in [0.5, 0.6) is 0 Å². The van der Waals surface area contributed by atoms with Crippen molar-refractivity contribution in [3.63, 3.8) is 0 Å². The number of benzene rings is 9. The van der Waals surface area contributed by atoms with E-state index < -0.39 is 0 Å². The third-order valence-electron chi connectivity index (χ3n) is 11.9. The Kier molecular flexibility index (Phi) is 6.76. The van der Waals surface area contributed by atoms with Gasteiger partial charge in [0.25, 0.3) is 0 Å². The monoisotopic (exact) mass is 773 g/mol. The molecule has 3 nitrogen and oxygen atoms in total. The molecule has 9 aromatic carbocycles. The highest BCUT2D eigenvalue weighted by Gasteiger charge is 2.22. The third kappa shape index (κ3) is 4.63. The third-order valence-corrected chi connectivity index (χ3v) is 14.1. The summed E-state index contributed by atoms with van der Waals surface area (Å²) in [7, 11) is 0. The Hall–Kier alpha value is -7.05. The summed E-state index contributed by atoms with van der Waals surface area (Å²) < 4.78 is 8.55. The summed E-state index contributed by atoms with van der Waals surface area (Å²) in [6, 6.07) is 68.8. The summed E-state index contributed by atoms with van der Waals surface area (Å²) in [5.41, 5.74) is 11.8. The van der Waals surface area contributed by atoms with Gasteiger partial charge in [-0.05, 0) is 82.1 Å². The number of para-hydroxylation sites is 3. The molecule has 0 bridgehead atoms. The van der Waals surface area contributed by atoms with Crippen LogP contribution < -0.4 is 0 Å². The zero-order chi connectivity index (χ0) is 37.9. The molecule has 270 valence electrons. The van der Waals surface area contributed by atoms with E-state index in [1.807, 2.05) is 11.3 Å². The number of aromatic nitrogens is 3. The smallest absolute Gasteiger partial charge is 0.195 e. The van der Waals surface area contributed by atoms with Crippen LogP contribution in [-0.4, -0.2) is 14.1 Å². The predicted octanol–water partition coefficient (Wildman–Crippen LogP) is 15.3. The molecule has 0 fully saturated rings. The molecule has 0 radical (unpaired) electrons. The lowest BCUT2D eigenvalue weighted by Gasteiger charge is -2.09. The molecule has 0 aliphatic rings. The fourth-order valence-electron chi connectivity index (χ4n) is 9.29. The Balaban J connectivity index is 1.05. The van der Waals surface area contributed by atoms with Crippen LogP contribution in [0.15, 0.2) is 188 Å². The number of fused-ring (bicyclic) bond motifs is 12. The lowest BCUT2D eigenvalue weighted by molar-refractivity contribution is 1.15. The van der Waals surface area contributed by atoms with Crippen molar-refractivity contribution in [2.24, 2.45) is 0 Å². The molecule has 0 unspecified atom stereocenters. The first kappa shape index (κ1) is 32.1. The van der Waals surface area contributed by atoms with Crippen LogP contribution in [0.25, 0.3) is 118 Å². The fourth-order valence-corrected chi connectivity index (χ4v) is 11.6. The molecule has 0 amide bonds. The van der Waals surface area contributed by atoms with E-state index in [0.717, 1.165) is 27.4 Å². The first-order valence-corrected chi connectivity index (χ1v) is 21.2. The summed E-state index contributed by atoms with van der Waals surface area (Å²) in [4.78, 5) is 5.59. The topological polar surface area (TPSA) is 22.8 Å². The van der Waals surface area contributed by atoms with E-state index >= 15 is 0 Å². The number of hydrogen-bond donors (Lipinski definition) is 0. The maximum Gasteiger partial charge on any atom is 0.195 e. The van der Waals surface area contributed by atoms with Crippen LogP contribution in [0.2, 0.25) is 0 Å². The van der Waals surface area contributed by atoms with Crippen LogP contribution in [-0.2, 0) is 0 Å². The quantitative estimate of drug-likeness (QED) is 0.175. The molecule has 0 saturated heterocycles. The van der Waals surface area contributed by atoms with Gasteiger partial charge < -0.3 is 4.57 Å². The first-order chi connectivity index (χ1) is 28.7. The van der Waals surface area contributed by atoms with Crippen molar-refractivity contribution in [1.29, 1.82) is 0 Å². The Morgan fingerprint density at radius 1 is 0.379 bits per heavy atom. The maximum absolute atomic E-state index is 5.59. The van der Waals surface area contributed by atoms with Crippen molar-refractivity contribution in [2.45, 2.75) is 0 Å². The molecule has 5 heteroatoms. The molecule has 0 N–H and O–H groups in total. The van der Waals surface area contributed by atoms with Crippen molar-refractivity contribution in [3.8, 4) is 33.1 Å². The van der Waals surface area contributed by atoms with Gasteiger partial charge in [0.2, 0.25) is 0 Å². The van der Waals surface area contributed by atoms with Gasteiger partial charge in [0.05, 0.1) is 32.3 Å². The molecule has 58 heavy (non-hydrogen) atoms.